The van der Waals surface area contributed by atoms with E-state index in [9.17, 15) is 0 Å². The molecule has 0 aromatic heterocycles. The molecule has 23 heavy (non-hydrogen) atoms. The SMILES string of the molecule is Cc1ccc(CO/N=C(/c2cc(C)ccc2N)C(C)C)c(C)c1. The summed E-state index contributed by atoms with van der Waals surface area (Å²) < 4.78 is 0. The van der Waals surface area contributed by atoms with Crippen molar-refractivity contribution in [1.82, 2.24) is 0 Å². The van der Waals surface area contributed by atoms with Crippen LogP contribution >= 0.6 is 0 Å². The number of nitrogens with two attached hydrogens (primary N) is 1. The smallest absolute Gasteiger partial charge is 0.142 e. The Morgan fingerprint density at radius 3 is 2.35 bits per heavy atom. The molecule has 0 aliphatic carbocycles. The second-order valence-electron chi connectivity index (χ2n) is 6.43. The van der Waals surface area contributed by atoms with Gasteiger partial charge in [-0.25, -0.2) is 0 Å². The molecule has 3 heteroatoms. The Hall–Kier alpha value is -2.29. The Morgan fingerprint density at radius 2 is 1.70 bits per heavy atom. The third-order valence-corrected chi connectivity index (χ3v) is 3.91. The van der Waals surface area contributed by atoms with Crippen molar-refractivity contribution in [2.75, 3.05) is 5.73 Å². The molecule has 2 N–H and O–H groups in total. The van der Waals surface area contributed by atoms with Gasteiger partial charge in [0.1, 0.15) is 6.61 Å². The van der Waals surface area contributed by atoms with Crippen LogP contribution in [0.1, 0.15) is 41.7 Å². The van der Waals surface area contributed by atoms with E-state index in [1.807, 2.05) is 12.1 Å². The van der Waals surface area contributed by atoms with Gasteiger partial charge in [-0.1, -0.05) is 54.4 Å². The Labute approximate surface area is 139 Å². The molecule has 0 atom stereocenters. The lowest BCUT2D eigenvalue weighted by atomic mass is 9.97. The van der Waals surface area contributed by atoms with Crippen LogP contribution in [0, 0.1) is 26.7 Å². The Morgan fingerprint density at radius 1 is 1.04 bits per heavy atom. The maximum Gasteiger partial charge on any atom is 0.142 e. The molecule has 2 aromatic rings. The summed E-state index contributed by atoms with van der Waals surface area (Å²) in [6.07, 6.45) is 0. The largest absolute Gasteiger partial charge is 0.398 e. The Bertz CT molecular complexity index is 718. The highest BCUT2D eigenvalue weighted by Gasteiger charge is 2.13. The molecular weight excluding hydrogens is 284 g/mol. The maximum atomic E-state index is 6.12. The number of nitrogen functional groups attached to an aromatic ring is 1. The molecule has 122 valence electrons. The van der Waals surface area contributed by atoms with Crippen molar-refractivity contribution in [3.63, 3.8) is 0 Å². The average Bonchev–Trinajstić information content (AvgIpc) is 2.48. The summed E-state index contributed by atoms with van der Waals surface area (Å²) >= 11 is 0. The van der Waals surface area contributed by atoms with Gasteiger partial charge in [-0.15, -0.1) is 0 Å². The van der Waals surface area contributed by atoms with Crippen molar-refractivity contribution >= 4 is 11.4 Å². The minimum absolute atomic E-state index is 0.234. The van der Waals surface area contributed by atoms with Gasteiger partial charge in [0, 0.05) is 11.3 Å². The molecule has 0 amide bonds. The van der Waals surface area contributed by atoms with E-state index < -0.39 is 0 Å². The summed E-state index contributed by atoms with van der Waals surface area (Å²) in [4.78, 5) is 5.65. The molecule has 0 aliphatic rings. The summed E-state index contributed by atoms with van der Waals surface area (Å²) in [7, 11) is 0. The van der Waals surface area contributed by atoms with Crippen LogP contribution in [-0.4, -0.2) is 5.71 Å². The molecular formula is C20H26N2O. The first-order valence-electron chi connectivity index (χ1n) is 8.01. The fraction of sp³-hybridized carbons (Fsp3) is 0.350. The van der Waals surface area contributed by atoms with Crippen molar-refractivity contribution in [3.05, 3.63) is 64.2 Å². The number of anilines is 1. The van der Waals surface area contributed by atoms with Crippen molar-refractivity contribution in [3.8, 4) is 0 Å². The summed E-state index contributed by atoms with van der Waals surface area (Å²) in [6.45, 7) is 10.9. The lowest BCUT2D eigenvalue weighted by Gasteiger charge is -2.14. The molecule has 2 aromatic carbocycles. The second kappa shape index (κ2) is 7.32. The lowest BCUT2D eigenvalue weighted by Crippen LogP contribution is -2.13. The molecule has 0 aliphatic heterocycles. The lowest BCUT2D eigenvalue weighted by molar-refractivity contribution is 0.129. The van der Waals surface area contributed by atoms with Gasteiger partial charge in [0.05, 0.1) is 5.71 Å². The van der Waals surface area contributed by atoms with E-state index in [1.54, 1.807) is 0 Å². The number of nitrogens with zero attached hydrogens (tertiary/aromatic N) is 1. The Kier molecular flexibility index (Phi) is 5.43. The van der Waals surface area contributed by atoms with Crippen LogP contribution in [0.4, 0.5) is 5.69 Å². The van der Waals surface area contributed by atoms with Gasteiger partial charge in [0.25, 0.3) is 0 Å². The first kappa shape index (κ1) is 17.1. The topological polar surface area (TPSA) is 47.6 Å². The summed E-state index contributed by atoms with van der Waals surface area (Å²) in [6, 6.07) is 12.3. The number of oxime groups is 1. The van der Waals surface area contributed by atoms with Crippen LogP contribution in [-0.2, 0) is 11.4 Å². The second-order valence-corrected chi connectivity index (χ2v) is 6.43. The molecule has 0 heterocycles. The first-order chi connectivity index (χ1) is 10.9. The van der Waals surface area contributed by atoms with Gasteiger partial charge in [-0.05, 0) is 49.9 Å². The molecule has 2 rings (SSSR count). The van der Waals surface area contributed by atoms with Crippen molar-refractivity contribution in [2.45, 2.75) is 41.2 Å². The van der Waals surface area contributed by atoms with Crippen LogP contribution in [0.5, 0.6) is 0 Å². The fourth-order valence-electron chi connectivity index (χ4n) is 2.54. The highest BCUT2D eigenvalue weighted by atomic mass is 16.6. The minimum Gasteiger partial charge on any atom is -0.398 e. The zero-order valence-corrected chi connectivity index (χ0v) is 14.7. The van der Waals surface area contributed by atoms with Gasteiger partial charge in [0.2, 0.25) is 0 Å². The molecule has 0 radical (unpaired) electrons. The highest BCUT2D eigenvalue weighted by Crippen LogP contribution is 2.20. The normalized spacial score (nSPS) is 11.8. The van der Waals surface area contributed by atoms with E-state index >= 15 is 0 Å². The van der Waals surface area contributed by atoms with E-state index in [0.29, 0.717) is 6.61 Å². The summed E-state index contributed by atoms with van der Waals surface area (Å²) in [5, 5.41) is 4.39. The highest BCUT2D eigenvalue weighted by molar-refractivity contribution is 6.05. The molecule has 0 bridgehead atoms. The van der Waals surface area contributed by atoms with Crippen molar-refractivity contribution in [1.29, 1.82) is 0 Å². The number of rotatable bonds is 5. The van der Waals surface area contributed by atoms with Gasteiger partial charge in [-0.2, -0.15) is 0 Å². The third kappa shape index (κ3) is 4.35. The molecule has 0 saturated heterocycles. The van der Waals surface area contributed by atoms with E-state index in [1.165, 1.54) is 11.1 Å². The monoisotopic (exact) mass is 310 g/mol. The van der Waals surface area contributed by atoms with Crippen molar-refractivity contribution < 1.29 is 4.84 Å². The first-order valence-corrected chi connectivity index (χ1v) is 8.01. The third-order valence-electron chi connectivity index (χ3n) is 3.91. The standard InChI is InChI=1S/C20H26N2O/c1-13(2)20(18-11-15(4)7-9-19(18)21)22-23-12-17-8-6-14(3)10-16(17)5/h6-11,13H,12,21H2,1-5H3/b22-20+. The molecule has 0 unspecified atom stereocenters. The zero-order valence-electron chi connectivity index (χ0n) is 14.7. The van der Waals surface area contributed by atoms with Gasteiger partial charge < -0.3 is 10.6 Å². The van der Waals surface area contributed by atoms with E-state index in [-0.39, 0.29) is 5.92 Å². The predicted molar refractivity (Wildman–Crippen MR) is 97.7 cm³/mol. The van der Waals surface area contributed by atoms with Crippen LogP contribution in [0.2, 0.25) is 0 Å². The van der Waals surface area contributed by atoms with E-state index in [0.717, 1.165) is 28.1 Å². The molecule has 0 spiro atoms. The van der Waals surface area contributed by atoms with Crippen LogP contribution in [0.3, 0.4) is 0 Å². The Balaban J connectivity index is 2.21. The zero-order chi connectivity index (χ0) is 17.0. The summed E-state index contributed by atoms with van der Waals surface area (Å²) in [5.74, 6) is 0.234. The molecule has 0 saturated carbocycles. The fourth-order valence-corrected chi connectivity index (χ4v) is 2.54. The van der Waals surface area contributed by atoms with Gasteiger partial charge >= 0.3 is 0 Å². The van der Waals surface area contributed by atoms with Crippen LogP contribution < -0.4 is 5.73 Å². The quantitative estimate of drug-likeness (QED) is 0.491. The summed E-state index contributed by atoms with van der Waals surface area (Å²) in [5.41, 5.74) is 13.5. The minimum atomic E-state index is 0.234. The van der Waals surface area contributed by atoms with Gasteiger partial charge in [-0.3, -0.25) is 0 Å². The van der Waals surface area contributed by atoms with Crippen LogP contribution in [0.25, 0.3) is 0 Å². The van der Waals surface area contributed by atoms with Crippen LogP contribution in [0.15, 0.2) is 41.6 Å². The number of hydrogen-bond donors (Lipinski definition) is 1. The predicted octanol–water partition coefficient (Wildman–Crippen LogP) is 4.77. The van der Waals surface area contributed by atoms with E-state index in [4.69, 9.17) is 10.6 Å². The number of aryl methyl sites for hydroxylation is 3. The van der Waals surface area contributed by atoms with E-state index in [2.05, 4.69) is 64.0 Å². The molecule has 3 nitrogen and oxygen atoms in total. The van der Waals surface area contributed by atoms with Crippen molar-refractivity contribution in [2.24, 2.45) is 11.1 Å². The number of hydrogen-bond acceptors (Lipinski definition) is 3. The number of benzene rings is 2. The van der Waals surface area contributed by atoms with Gasteiger partial charge in [0.15, 0.2) is 0 Å². The molecule has 0 fully saturated rings. The maximum absolute atomic E-state index is 6.12. The average molecular weight is 310 g/mol.